The van der Waals surface area contributed by atoms with Crippen molar-refractivity contribution in [2.24, 2.45) is 0 Å². The molecule has 8 bridgehead atoms. The van der Waals surface area contributed by atoms with Crippen molar-refractivity contribution in [2.75, 3.05) is 0 Å². The molecule has 2 aliphatic heterocycles. The molecule has 8 aromatic rings. The molecule has 3 aliphatic rings. The topological polar surface area (TPSA) is 57.4 Å². The quantitative estimate of drug-likeness (QED) is 0.120. The zero-order chi connectivity index (χ0) is 34.0. The van der Waals surface area contributed by atoms with Crippen molar-refractivity contribution in [1.29, 1.82) is 0 Å². The molecule has 0 atom stereocenters. The number of nitrogens with one attached hydrogen (secondary N) is 2. The van der Waals surface area contributed by atoms with Crippen LogP contribution in [0.5, 0.6) is 0 Å². The van der Waals surface area contributed by atoms with Gasteiger partial charge < -0.3 is 9.97 Å². The van der Waals surface area contributed by atoms with Crippen molar-refractivity contribution in [3.8, 4) is 11.1 Å². The molecule has 3 aromatic heterocycles. The Labute approximate surface area is 323 Å². The number of hydrogen-bond donors (Lipinski definition) is 2. The van der Waals surface area contributed by atoms with Gasteiger partial charge in [-0.25, -0.2) is 9.97 Å². The number of H-pyrrole nitrogens is 2. The molecule has 5 aromatic carbocycles. The first-order chi connectivity index (χ1) is 25.2. The molecule has 1 aliphatic carbocycles. The fourth-order valence-electron chi connectivity index (χ4n) is 6.91. The van der Waals surface area contributed by atoms with Crippen molar-refractivity contribution >= 4 is 78.9 Å². The van der Waals surface area contributed by atoms with Gasteiger partial charge in [-0.2, -0.15) is 0 Å². The molecule has 53 heavy (non-hydrogen) atoms. The monoisotopic (exact) mass is 749 g/mol. The molecule has 0 spiro atoms. The van der Waals surface area contributed by atoms with E-state index in [1.165, 1.54) is 43.8 Å². The minimum atomic E-state index is 0. The van der Waals surface area contributed by atoms with Crippen molar-refractivity contribution in [1.82, 2.24) is 19.9 Å². The Morgan fingerprint density at radius 2 is 0.660 bits per heavy atom. The fourth-order valence-corrected chi connectivity index (χ4v) is 6.91. The van der Waals surface area contributed by atoms with E-state index in [9.17, 15) is 0 Å². The zero-order valence-corrected chi connectivity index (χ0v) is 29.2. The van der Waals surface area contributed by atoms with Crippen molar-refractivity contribution in [3.63, 3.8) is 0 Å². The second-order valence-electron chi connectivity index (χ2n) is 12.9. The van der Waals surface area contributed by atoms with Crippen LogP contribution in [-0.2, 0) is 23.5 Å². The molecule has 261 valence electrons. The van der Waals surface area contributed by atoms with E-state index in [0.717, 1.165) is 51.3 Å². The third-order valence-electron chi connectivity index (χ3n) is 9.36. The second kappa shape index (κ2) is 15.7. The number of nitrogens with zero attached hydrogens (tertiary/aromatic N) is 2. The van der Waals surface area contributed by atoms with Crippen LogP contribution in [0.25, 0.3) is 79.0 Å². The zero-order valence-electron chi connectivity index (χ0n) is 28.2. The molecule has 2 N–H and O–H groups in total. The summed E-state index contributed by atoms with van der Waals surface area (Å²) < 4.78 is 0. The third-order valence-corrected chi connectivity index (χ3v) is 9.36. The molecule has 0 saturated carbocycles. The first-order valence-corrected chi connectivity index (χ1v) is 17.3. The number of rotatable bonds is 0. The van der Waals surface area contributed by atoms with Gasteiger partial charge >= 0.3 is 0 Å². The van der Waals surface area contributed by atoms with Gasteiger partial charge in [0.1, 0.15) is 0 Å². The normalized spacial score (nSPS) is 11.6. The predicted octanol–water partition coefficient (Wildman–Crippen LogP) is 10.5. The van der Waals surface area contributed by atoms with Gasteiger partial charge in [-0.15, -0.1) is 0 Å². The number of hydrogen-bond acceptors (Lipinski definition) is 2. The smallest absolute Gasteiger partial charge is 0.0658 e. The van der Waals surface area contributed by atoms with E-state index in [2.05, 4.69) is 153 Å². The minimum absolute atomic E-state index is 0. The number of aromatic nitrogens is 4. The molecule has 4 nitrogen and oxygen atoms in total. The number of aromatic amines is 2. The van der Waals surface area contributed by atoms with E-state index in [1.807, 2.05) is 48.6 Å². The van der Waals surface area contributed by atoms with Gasteiger partial charge in [0.25, 0.3) is 0 Å². The molecular weight excluding hydrogens is 712 g/mol. The van der Waals surface area contributed by atoms with E-state index in [4.69, 9.17) is 0 Å². The predicted molar refractivity (Wildman–Crippen MR) is 226 cm³/mol. The maximum absolute atomic E-state index is 4.63. The molecule has 1 radical (unpaired) electrons. The van der Waals surface area contributed by atoms with Gasteiger partial charge in [0, 0.05) is 39.1 Å². The van der Waals surface area contributed by atoms with Crippen molar-refractivity contribution < 1.29 is 17.1 Å². The van der Waals surface area contributed by atoms with Crippen LogP contribution in [0, 0.1) is 0 Å². The molecule has 6 heteroatoms. The summed E-state index contributed by atoms with van der Waals surface area (Å²) in [7, 11) is 0. The van der Waals surface area contributed by atoms with Crippen molar-refractivity contribution in [3.05, 3.63) is 192 Å². The fraction of sp³-hybridized carbons (Fsp3) is 0.0213. The Bertz CT molecular complexity index is 2490. The molecule has 0 fully saturated rings. The van der Waals surface area contributed by atoms with E-state index in [0.29, 0.717) is 0 Å². The Balaban J connectivity index is 0.000000129. The van der Waals surface area contributed by atoms with E-state index >= 15 is 0 Å². The van der Waals surface area contributed by atoms with Gasteiger partial charge in [-0.05, 0) is 146 Å². The van der Waals surface area contributed by atoms with Crippen LogP contribution in [0.3, 0.4) is 0 Å². The maximum atomic E-state index is 4.63. The van der Waals surface area contributed by atoms with Crippen LogP contribution in [0.15, 0.2) is 158 Å². The van der Waals surface area contributed by atoms with Gasteiger partial charge in [0.2, 0.25) is 0 Å². The summed E-state index contributed by atoms with van der Waals surface area (Å²) in [6.07, 6.45) is 9.19. The summed E-state index contributed by atoms with van der Waals surface area (Å²) in [5.41, 5.74) is 13.6. The van der Waals surface area contributed by atoms with Crippen LogP contribution < -0.4 is 0 Å². The van der Waals surface area contributed by atoms with Gasteiger partial charge in [-0.3, -0.25) is 0 Å². The average molecular weight is 750 g/mol. The van der Waals surface area contributed by atoms with Gasteiger partial charge in [0.15, 0.2) is 0 Å². The Kier molecular flexibility index (Phi) is 10.5. The van der Waals surface area contributed by atoms with Gasteiger partial charge in [-0.1, -0.05) is 97.1 Å². The number of benzene rings is 5. The summed E-state index contributed by atoms with van der Waals surface area (Å²) in [4.78, 5) is 16.0. The summed E-state index contributed by atoms with van der Waals surface area (Å²) in [5.74, 6) is 0. The van der Waals surface area contributed by atoms with E-state index in [-0.39, 0.29) is 28.0 Å². The molecular formula is C47H38CuN4Si. The molecule has 11 rings (SSSR count). The standard InChI is InChI=1S/C20H14N4.C14H10.C13H10.Cu.H4Si/c1-2-14-10-16-5-6-18(23-16)12-20-8-7-19(24-20)11-17-4-3-15(22-17)9-13(1)21-14;1-2-6-12-10-14-8-4-3-7-13(14)9-11(12)5-1;1-3-7-12-10(5-1)9-11-6-2-4-8-13(11)12;;/h1-12,21,24H;1-10H;1-8H,9H2;;1H4. The van der Waals surface area contributed by atoms with Crippen LogP contribution in [0.1, 0.15) is 33.9 Å². The van der Waals surface area contributed by atoms with Crippen LogP contribution in [0.4, 0.5) is 0 Å². The van der Waals surface area contributed by atoms with Crippen LogP contribution in [0.2, 0.25) is 0 Å². The summed E-state index contributed by atoms with van der Waals surface area (Å²) in [6, 6.07) is 55.1. The van der Waals surface area contributed by atoms with Crippen LogP contribution >= 0.6 is 0 Å². The molecule has 0 unspecified atom stereocenters. The average Bonchev–Trinajstić information content (AvgIpc) is 4.02. The van der Waals surface area contributed by atoms with Gasteiger partial charge in [0.05, 0.1) is 22.8 Å². The van der Waals surface area contributed by atoms with Crippen molar-refractivity contribution in [2.45, 2.75) is 6.42 Å². The first-order valence-electron chi connectivity index (χ1n) is 17.3. The third kappa shape index (κ3) is 7.91. The first kappa shape index (κ1) is 35.4. The summed E-state index contributed by atoms with van der Waals surface area (Å²) in [5, 5.41) is 5.25. The Morgan fingerprint density at radius 3 is 1.00 bits per heavy atom. The second-order valence-corrected chi connectivity index (χ2v) is 12.9. The Hall–Kier alpha value is -6.04. The molecule has 5 heterocycles. The summed E-state index contributed by atoms with van der Waals surface area (Å²) in [6.45, 7) is 0. The minimum Gasteiger partial charge on any atom is -0.355 e. The maximum Gasteiger partial charge on any atom is 0.0658 e. The largest absolute Gasteiger partial charge is 0.355 e. The summed E-state index contributed by atoms with van der Waals surface area (Å²) >= 11 is 0. The van der Waals surface area contributed by atoms with E-state index in [1.54, 1.807) is 0 Å². The van der Waals surface area contributed by atoms with Crippen LogP contribution in [-0.4, -0.2) is 30.9 Å². The SMILES string of the molecule is C1=Cc2cc3ccc(cc4nc(cc5ccc(cc1n2)[nH]5)C=C4)[nH]3.[Cu].[SiH4].c1ccc2c(c1)Cc1ccccc1-2.c1ccc2cc3ccccc3cc2c1. The Morgan fingerprint density at radius 1 is 0.358 bits per heavy atom. The molecule has 0 amide bonds. The van der Waals surface area contributed by atoms with E-state index < -0.39 is 0 Å². The number of fused-ring (bicyclic) bond motifs is 13. The molecule has 0 saturated heterocycles.